The van der Waals surface area contributed by atoms with Crippen molar-refractivity contribution in [3.05, 3.63) is 12.2 Å². The smallest absolute Gasteiger partial charge is 0.319 e. The molecule has 0 amide bonds. The zero-order valence-corrected chi connectivity index (χ0v) is 6.73. The molecule has 0 aromatic heterocycles. The average molecular weight is 158 g/mol. The molecule has 1 fully saturated rings. The highest BCUT2D eigenvalue weighted by Crippen LogP contribution is 2.25. The number of carbonyl (C=O) groups is 1. The summed E-state index contributed by atoms with van der Waals surface area (Å²) in [6.45, 7) is 6.07. The second-order valence-electron chi connectivity index (χ2n) is 2.53. The fraction of sp³-hybridized carbons (Fsp3) is 0.571. The molecule has 1 rings (SSSR count). The first-order valence-corrected chi connectivity index (χ1v) is 3.64. The SMILES string of the molecule is C=C(C)[C@@H]1COC(=O)[C@H]1S. The lowest BCUT2D eigenvalue weighted by atomic mass is 10.0. The second kappa shape index (κ2) is 2.66. The zero-order chi connectivity index (χ0) is 7.72. The Morgan fingerprint density at radius 3 is 2.70 bits per heavy atom. The van der Waals surface area contributed by atoms with Gasteiger partial charge in [-0.15, -0.1) is 0 Å². The van der Waals surface area contributed by atoms with Crippen LogP contribution in [-0.2, 0) is 9.53 Å². The first-order chi connectivity index (χ1) is 4.63. The Balaban J connectivity index is 2.66. The fourth-order valence-corrected chi connectivity index (χ4v) is 1.34. The van der Waals surface area contributed by atoms with Gasteiger partial charge >= 0.3 is 5.97 Å². The van der Waals surface area contributed by atoms with E-state index in [1.807, 2.05) is 6.92 Å². The zero-order valence-electron chi connectivity index (χ0n) is 5.83. The van der Waals surface area contributed by atoms with Gasteiger partial charge in [-0.2, -0.15) is 12.6 Å². The molecule has 0 unspecified atom stereocenters. The number of esters is 1. The summed E-state index contributed by atoms with van der Waals surface area (Å²) in [5.41, 5.74) is 0.964. The van der Waals surface area contributed by atoms with Gasteiger partial charge in [0.2, 0.25) is 0 Å². The minimum atomic E-state index is -0.294. The predicted octanol–water partition coefficient (Wildman–Crippen LogP) is 1.03. The van der Waals surface area contributed by atoms with Gasteiger partial charge in [-0.25, -0.2) is 0 Å². The molecule has 10 heavy (non-hydrogen) atoms. The first kappa shape index (κ1) is 7.66. The Kier molecular flexibility index (Phi) is 2.04. The van der Waals surface area contributed by atoms with Crippen LogP contribution in [0.3, 0.4) is 0 Å². The van der Waals surface area contributed by atoms with E-state index in [1.165, 1.54) is 0 Å². The van der Waals surface area contributed by atoms with Crippen molar-refractivity contribution >= 4 is 18.6 Å². The van der Waals surface area contributed by atoms with Gasteiger partial charge in [0.15, 0.2) is 0 Å². The number of hydrogen-bond acceptors (Lipinski definition) is 3. The fourth-order valence-electron chi connectivity index (χ4n) is 0.924. The molecule has 0 aromatic carbocycles. The summed E-state index contributed by atoms with van der Waals surface area (Å²) in [5.74, 6) is -0.118. The molecule has 0 N–H and O–H groups in total. The summed E-state index contributed by atoms with van der Waals surface area (Å²) in [5, 5.41) is -0.294. The van der Waals surface area contributed by atoms with Gasteiger partial charge in [0.25, 0.3) is 0 Å². The van der Waals surface area contributed by atoms with E-state index in [4.69, 9.17) is 4.74 Å². The number of ether oxygens (including phenoxy) is 1. The molecule has 0 saturated carbocycles. The van der Waals surface area contributed by atoms with Gasteiger partial charge in [-0.1, -0.05) is 12.2 Å². The van der Waals surface area contributed by atoms with Crippen molar-refractivity contribution in [3.63, 3.8) is 0 Å². The van der Waals surface area contributed by atoms with Crippen LogP contribution in [-0.4, -0.2) is 17.8 Å². The molecule has 1 heterocycles. The van der Waals surface area contributed by atoms with Crippen LogP contribution in [0.15, 0.2) is 12.2 Å². The Bertz CT molecular complexity index is 176. The number of cyclic esters (lactones) is 1. The van der Waals surface area contributed by atoms with Crippen molar-refractivity contribution in [1.82, 2.24) is 0 Å². The minimum Gasteiger partial charge on any atom is -0.464 e. The van der Waals surface area contributed by atoms with E-state index in [1.54, 1.807) is 0 Å². The van der Waals surface area contributed by atoms with Crippen molar-refractivity contribution in [1.29, 1.82) is 0 Å². The van der Waals surface area contributed by atoms with Gasteiger partial charge in [-0.3, -0.25) is 4.79 Å². The number of hydrogen-bond donors (Lipinski definition) is 1. The quantitative estimate of drug-likeness (QED) is 0.350. The maximum Gasteiger partial charge on any atom is 0.319 e. The van der Waals surface area contributed by atoms with Crippen molar-refractivity contribution < 1.29 is 9.53 Å². The summed E-state index contributed by atoms with van der Waals surface area (Å²) in [6, 6.07) is 0. The molecule has 0 bridgehead atoms. The summed E-state index contributed by atoms with van der Waals surface area (Å²) in [7, 11) is 0. The van der Waals surface area contributed by atoms with Gasteiger partial charge in [0.1, 0.15) is 5.25 Å². The molecule has 56 valence electrons. The second-order valence-corrected chi connectivity index (χ2v) is 3.08. The van der Waals surface area contributed by atoms with Crippen LogP contribution < -0.4 is 0 Å². The van der Waals surface area contributed by atoms with Crippen LogP contribution in [0.2, 0.25) is 0 Å². The van der Waals surface area contributed by atoms with Gasteiger partial charge in [-0.05, 0) is 6.92 Å². The molecule has 0 radical (unpaired) electrons. The highest BCUT2D eigenvalue weighted by molar-refractivity contribution is 7.81. The molecular weight excluding hydrogens is 148 g/mol. The van der Waals surface area contributed by atoms with Crippen molar-refractivity contribution in [2.24, 2.45) is 5.92 Å². The van der Waals surface area contributed by atoms with E-state index < -0.39 is 0 Å². The molecule has 1 aliphatic heterocycles. The van der Waals surface area contributed by atoms with Crippen LogP contribution >= 0.6 is 12.6 Å². The van der Waals surface area contributed by atoms with Gasteiger partial charge in [0, 0.05) is 5.92 Å². The summed E-state index contributed by atoms with van der Waals surface area (Å²) in [4.78, 5) is 10.7. The summed E-state index contributed by atoms with van der Waals surface area (Å²) >= 11 is 4.09. The maximum absolute atomic E-state index is 10.7. The largest absolute Gasteiger partial charge is 0.464 e. The molecule has 0 aliphatic carbocycles. The van der Waals surface area contributed by atoms with Crippen LogP contribution in [0.1, 0.15) is 6.92 Å². The molecule has 3 heteroatoms. The average Bonchev–Trinajstić information content (AvgIpc) is 2.14. The monoisotopic (exact) mass is 158 g/mol. The molecule has 2 nitrogen and oxygen atoms in total. The number of carbonyl (C=O) groups excluding carboxylic acids is 1. The number of thiol groups is 1. The Morgan fingerprint density at radius 2 is 2.50 bits per heavy atom. The van der Waals surface area contributed by atoms with Crippen molar-refractivity contribution in [2.45, 2.75) is 12.2 Å². The molecule has 0 aromatic rings. The lowest BCUT2D eigenvalue weighted by molar-refractivity contribution is -0.137. The third kappa shape index (κ3) is 1.19. The van der Waals surface area contributed by atoms with Crippen LogP contribution in [0.25, 0.3) is 0 Å². The molecular formula is C7H10O2S. The van der Waals surface area contributed by atoms with Crippen LogP contribution in [0, 0.1) is 5.92 Å². The molecule has 1 aliphatic rings. The normalized spacial score (nSPS) is 32.0. The minimum absolute atomic E-state index is 0.107. The molecule has 0 spiro atoms. The topological polar surface area (TPSA) is 26.3 Å². The lowest BCUT2D eigenvalue weighted by Gasteiger charge is -2.07. The third-order valence-electron chi connectivity index (χ3n) is 1.66. The van der Waals surface area contributed by atoms with E-state index in [2.05, 4.69) is 19.2 Å². The Hall–Kier alpha value is -0.440. The highest BCUT2D eigenvalue weighted by Gasteiger charge is 2.34. The van der Waals surface area contributed by atoms with Crippen LogP contribution in [0.5, 0.6) is 0 Å². The van der Waals surface area contributed by atoms with E-state index in [9.17, 15) is 4.79 Å². The van der Waals surface area contributed by atoms with E-state index >= 15 is 0 Å². The first-order valence-electron chi connectivity index (χ1n) is 3.13. The lowest BCUT2D eigenvalue weighted by Crippen LogP contribution is -2.16. The molecule has 2 atom stereocenters. The standard InChI is InChI=1S/C7H10O2S/c1-4(2)5-3-9-7(8)6(5)10/h5-6,10H,1,3H2,2H3/t5-,6-/m0/s1. The van der Waals surface area contributed by atoms with Crippen molar-refractivity contribution in [2.75, 3.05) is 6.61 Å². The maximum atomic E-state index is 10.7. The van der Waals surface area contributed by atoms with Crippen molar-refractivity contribution in [3.8, 4) is 0 Å². The van der Waals surface area contributed by atoms with Gasteiger partial charge < -0.3 is 4.74 Å². The van der Waals surface area contributed by atoms with Gasteiger partial charge in [0.05, 0.1) is 6.61 Å². The van der Waals surface area contributed by atoms with E-state index in [-0.39, 0.29) is 17.1 Å². The Labute approximate surface area is 65.7 Å². The molecule has 1 saturated heterocycles. The van der Waals surface area contributed by atoms with Crippen LogP contribution in [0.4, 0.5) is 0 Å². The predicted molar refractivity (Wildman–Crippen MR) is 42.0 cm³/mol. The summed E-state index contributed by atoms with van der Waals surface area (Å²) in [6.07, 6.45) is 0. The highest BCUT2D eigenvalue weighted by atomic mass is 32.1. The summed E-state index contributed by atoms with van der Waals surface area (Å²) < 4.78 is 4.76. The Morgan fingerprint density at radius 1 is 1.90 bits per heavy atom. The van der Waals surface area contributed by atoms with E-state index in [0.717, 1.165) is 5.57 Å². The van der Waals surface area contributed by atoms with E-state index in [0.29, 0.717) is 6.61 Å². The number of rotatable bonds is 1. The third-order valence-corrected chi connectivity index (χ3v) is 2.23.